The molecule has 30 heavy (non-hydrogen) atoms. The lowest BCUT2D eigenvalue weighted by atomic mass is 9.91. The zero-order chi connectivity index (χ0) is 19.5. The van der Waals surface area contributed by atoms with Crippen LogP contribution in [0.5, 0.6) is 5.75 Å². The summed E-state index contributed by atoms with van der Waals surface area (Å²) >= 11 is 5.94. The maximum absolute atomic E-state index is 9.92. The van der Waals surface area contributed by atoms with Gasteiger partial charge in [-0.1, -0.05) is 42.7 Å². The molecule has 4 rings (SSSR count). The molecular formula is C22H25Cl3N4O. The Labute approximate surface area is 193 Å². The van der Waals surface area contributed by atoms with E-state index in [1.165, 1.54) is 6.42 Å². The van der Waals surface area contributed by atoms with Crippen molar-refractivity contribution in [2.75, 3.05) is 5.32 Å². The first kappa shape index (κ1) is 24.2. The zero-order valence-corrected chi connectivity index (χ0v) is 18.7. The lowest BCUT2D eigenvalue weighted by Gasteiger charge is -2.30. The Bertz CT molecular complexity index is 1010. The maximum atomic E-state index is 9.92. The van der Waals surface area contributed by atoms with Crippen molar-refractivity contribution in [1.82, 2.24) is 9.97 Å². The zero-order valence-electron chi connectivity index (χ0n) is 16.3. The monoisotopic (exact) mass is 466 g/mol. The van der Waals surface area contributed by atoms with Gasteiger partial charge in [0.25, 0.3) is 0 Å². The van der Waals surface area contributed by atoms with Crippen molar-refractivity contribution in [3.05, 3.63) is 58.9 Å². The van der Waals surface area contributed by atoms with Crippen LogP contribution < -0.4 is 11.1 Å². The number of anilines is 1. The van der Waals surface area contributed by atoms with Crippen LogP contribution in [-0.4, -0.2) is 27.2 Å². The maximum Gasteiger partial charge on any atom is 0.154 e. The summed E-state index contributed by atoms with van der Waals surface area (Å²) in [6.07, 6.45) is 8.18. The van der Waals surface area contributed by atoms with Gasteiger partial charge in [-0.15, -0.1) is 24.8 Å². The van der Waals surface area contributed by atoms with Crippen molar-refractivity contribution in [3.63, 3.8) is 0 Å². The van der Waals surface area contributed by atoms with E-state index >= 15 is 0 Å². The molecule has 0 radical (unpaired) electrons. The molecule has 0 bridgehead atoms. The van der Waals surface area contributed by atoms with Gasteiger partial charge in [-0.25, -0.2) is 9.97 Å². The largest absolute Gasteiger partial charge is 0.508 e. The molecule has 160 valence electrons. The molecule has 2 aromatic carbocycles. The van der Waals surface area contributed by atoms with Gasteiger partial charge in [0, 0.05) is 22.5 Å². The van der Waals surface area contributed by atoms with Crippen LogP contribution in [0.4, 0.5) is 5.82 Å². The highest BCUT2D eigenvalue weighted by atomic mass is 35.5. The summed E-state index contributed by atoms with van der Waals surface area (Å²) in [6.45, 7) is 0. The van der Waals surface area contributed by atoms with E-state index < -0.39 is 0 Å². The molecule has 0 amide bonds. The molecule has 0 aliphatic heterocycles. The number of halogens is 3. The van der Waals surface area contributed by atoms with E-state index in [2.05, 4.69) is 10.3 Å². The summed E-state index contributed by atoms with van der Waals surface area (Å²) in [5.74, 6) is 1.50. The minimum absolute atomic E-state index is 0. The summed E-state index contributed by atoms with van der Waals surface area (Å²) in [6, 6.07) is 13.0. The molecule has 0 unspecified atom stereocenters. The van der Waals surface area contributed by atoms with Crippen molar-refractivity contribution in [3.8, 4) is 5.75 Å². The summed E-state index contributed by atoms with van der Waals surface area (Å²) in [7, 11) is 0. The standard InChI is InChI=1S/C22H23ClN4O.2ClH/c23-15-8-5-14(6-9-15)7-12-21-25-19-11-10-16(28)13-17(19)22(27-21)26-20-4-2-1-3-18(20)24;;/h5-13,18,20,28H,1-4,24H2,(H,25,26,27);2*1H/t18-,20+;;/m1../s1. The van der Waals surface area contributed by atoms with E-state index in [-0.39, 0.29) is 42.6 Å². The smallest absolute Gasteiger partial charge is 0.154 e. The summed E-state index contributed by atoms with van der Waals surface area (Å²) in [5.41, 5.74) is 8.10. The molecule has 4 N–H and O–H groups in total. The second kappa shape index (κ2) is 10.8. The normalized spacial score (nSPS) is 18.6. The minimum Gasteiger partial charge on any atom is -0.508 e. The highest BCUT2D eigenvalue weighted by molar-refractivity contribution is 6.30. The number of nitrogens with one attached hydrogen (secondary N) is 1. The van der Waals surface area contributed by atoms with Crippen LogP contribution in [0.25, 0.3) is 23.1 Å². The van der Waals surface area contributed by atoms with Gasteiger partial charge in [0.05, 0.1) is 5.52 Å². The number of hydrogen-bond acceptors (Lipinski definition) is 5. The van der Waals surface area contributed by atoms with Crippen LogP contribution >= 0.6 is 36.4 Å². The molecule has 0 saturated heterocycles. The first-order valence-corrected chi connectivity index (χ1v) is 9.93. The molecule has 1 aliphatic carbocycles. The molecule has 1 aromatic heterocycles. The summed E-state index contributed by atoms with van der Waals surface area (Å²) in [5, 5.41) is 14.9. The Kier molecular flexibility index (Phi) is 8.74. The van der Waals surface area contributed by atoms with Gasteiger partial charge in [-0.3, -0.25) is 0 Å². The van der Waals surface area contributed by atoms with Crippen molar-refractivity contribution < 1.29 is 5.11 Å². The van der Waals surface area contributed by atoms with E-state index in [4.69, 9.17) is 22.3 Å². The average molecular weight is 468 g/mol. The molecule has 1 aliphatic rings. The summed E-state index contributed by atoms with van der Waals surface area (Å²) < 4.78 is 0. The Hall–Kier alpha value is -2.05. The third-order valence-corrected chi connectivity index (χ3v) is 5.38. The number of aromatic nitrogens is 2. The van der Waals surface area contributed by atoms with Gasteiger partial charge in [0.2, 0.25) is 0 Å². The van der Waals surface area contributed by atoms with Gasteiger partial charge >= 0.3 is 0 Å². The number of aromatic hydroxyl groups is 1. The minimum atomic E-state index is 0. The molecule has 1 saturated carbocycles. The van der Waals surface area contributed by atoms with Gasteiger partial charge in [-0.2, -0.15) is 0 Å². The van der Waals surface area contributed by atoms with Crippen LogP contribution in [0.15, 0.2) is 42.5 Å². The number of hydrogen-bond donors (Lipinski definition) is 3. The highest BCUT2D eigenvalue weighted by Gasteiger charge is 2.23. The van der Waals surface area contributed by atoms with Gasteiger partial charge in [0.15, 0.2) is 5.82 Å². The number of nitrogens with zero attached hydrogens (tertiary/aromatic N) is 2. The van der Waals surface area contributed by atoms with E-state index in [1.54, 1.807) is 18.2 Å². The second-order valence-electron chi connectivity index (χ2n) is 7.22. The molecule has 3 aromatic rings. The van der Waals surface area contributed by atoms with Gasteiger partial charge < -0.3 is 16.2 Å². The summed E-state index contributed by atoms with van der Waals surface area (Å²) in [4.78, 5) is 9.32. The van der Waals surface area contributed by atoms with Gasteiger partial charge in [0.1, 0.15) is 11.6 Å². The third kappa shape index (κ3) is 5.76. The van der Waals surface area contributed by atoms with E-state index in [1.807, 2.05) is 36.4 Å². The number of nitrogens with two attached hydrogens (primary N) is 1. The van der Waals surface area contributed by atoms with Crippen LogP contribution in [-0.2, 0) is 0 Å². The van der Waals surface area contributed by atoms with Crippen LogP contribution in [0.3, 0.4) is 0 Å². The Morgan fingerprint density at radius 1 is 1.00 bits per heavy atom. The molecule has 0 spiro atoms. The van der Waals surface area contributed by atoms with Crippen LogP contribution in [0.2, 0.25) is 5.02 Å². The fourth-order valence-corrected chi connectivity index (χ4v) is 3.70. The van der Waals surface area contributed by atoms with Crippen molar-refractivity contribution in [1.29, 1.82) is 0 Å². The van der Waals surface area contributed by atoms with Crippen molar-refractivity contribution in [2.24, 2.45) is 5.73 Å². The SMILES string of the molecule is Cl.Cl.N[C@@H]1CCCC[C@@H]1Nc1nc(C=Cc2ccc(Cl)cc2)nc2ccc(O)cc12. The molecule has 1 heterocycles. The van der Waals surface area contributed by atoms with Crippen LogP contribution in [0.1, 0.15) is 37.1 Å². The first-order valence-electron chi connectivity index (χ1n) is 9.55. The molecule has 1 fully saturated rings. The van der Waals surface area contributed by atoms with E-state index in [9.17, 15) is 5.11 Å². The third-order valence-electron chi connectivity index (χ3n) is 5.13. The van der Waals surface area contributed by atoms with E-state index in [0.29, 0.717) is 16.7 Å². The molecular weight excluding hydrogens is 443 g/mol. The number of phenols is 1. The Morgan fingerprint density at radius 2 is 1.73 bits per heavy atom. The number of rotatable bonds is 4. The second-order valence-corrected chi connectivity index (χ2v) is 7.65. The molecule has 2 atom stereocenters. The fourth-order valence-electron chi connectivity index (χ4n) is 3.58. The number of benzene rings is 2. The Morgan fingerprint density at radius 3 is 2.47 bits per heavy atom. The van der Waals surface area contributed by atoms with Crippen molar-refractivity contribution >= 4 is 65.3 Å². The van der Waals surface area contributed by atoms with E-state index in [0.717, 1.165) is 35.7 Å². The molecule has 8 heteroatoms. The van der Waals surface area contributed by atoms with Gasteiger partial charge in [-0.05, 0) is 54.8 Å². The Balaban J connectivity index is 0.00000160. The quantitative estimate of drug-likeness (QED) is 0.459. The predicted molar refractivity (Wildman–Crippen MR) is 130 cm³/mol. The highest BCUT2D eigenvalue weighted by Crippen LogP contribution is 2.28. The number of phenolic OH excluding ortho intramolecular Hbond substituents is 1. The fraction of sp³-hybridized carbons (Fsp3) is 0.273. The molecule has 5 nitrogen and oxygen atoms in total. The lowest BCUT2D eigenvalue weighted by molar-refractivity contribution is 0.403. The topological polar surface area (TPSA) is 84.1 Å². The first-order chi connectivity index (χ1) is 13.6. The number of fused-ring (bicyclic) bond motifs is 1. The van der Waals surface area contributed by atoms with Crippen LogP contribution in [0, 0.1) is 0 Å². The predicted octanol–water partition coefficient (Wildman–Crippen LogP) is 5.68. The average Bonchev–Trinajstić information content (AvgIpc) is 2.70. The lowest BCUT2D eigenvalue weighted by Crippen LogP contribution is -2.42. The van der Waals surface area contributed by atoms with Crippen molar-refractivity contribution in [2.45, 2.75) is 37.8 Å².